The number of carbonyl (C=O) groups is 3. The molecule has 0 saturated carbocycles. The highest BCUT2D eigenvalue weighted by Gasteiger charge is 2.38. The molecule has 0 bridgehead atoms. The van der Waals surface area contributed by atoms with Crippen molar-refractivity contribution in [3.63, 3.8) is 0 Å². The van der Waals surface area contributed by atoms with Crippen molar-refractivity contribution in [2.75, 3.05) is 40.6 Å². The standard InChI is InChI=1S/C24H28N4O5S/c1-16-7-9-17(10-8-16)25-22(29)13-21-24(31)26-19-5-3-4-6-20(19)28(21)14-23(30)27(2)18-11-12-34(32,33)15-18/h3-10,18,21H,11-15H2,1-2H3,(H,25,29)(H,26,31)/t18-,21-/m1/s1. The molecule has 0 unspecified atom stereocenters. The number of aryl methyl sites for hydroxylation is 1. The smallest absolute Gasteiger partial charge is 0.247 e. The highest BCUT2D eigenvalue weighted by Crippen LogP contribution is 2.33. The van der Waals surface area contributed by atoms with E-state index in [2.05, 4.69) is 10.6 Å². The van der Waals surface area contributed by atoms with Crippen LogP contribution in [0.25, 0.3) is 0 Å². The van der Waals surface area contributed by atoms with Crippen LogP contribution in [0.15, 0.2) is 48.5 Å². The van der Waals surface area contributed by atoms with Crippen LogP contribution in [0.5, 0.6) is 0 Å². The molecule has 2 aliphatic heterocycles. The third-order valence-corrected chi connectivity index (χ3v) is 8.07. The van der Waals surface area contributed by atoms with Crippen molar-refractivity contribution < 1.29 is 22.8 Å². The lowest BCUT2D eigenvalue weighted by molar-refractivity contribution is -0.130. The number of para-hydroxylation sites is 2. The second-order valence-electron chi connectivity index (χ2n) is 8.83. The summed E-state index contributed by atoms with van der Waals surface area (Å²) in [6, 6.07) is 13.1. The Kier molecular flexibility index (Phi) is 6.60. The zero-order chi connectivity index (χ0) is 24.5. The molecular formula is C24H28N4O5S. The summed E-state index contributed by atoms with van der Waals surface area (Å²) >= 11 is 0. The molecule has 0 spiro atoms. The summed E-state index contributed by atoms with van der Waals surface area (Å²) in [6.07, 6.45) is 0.243. The summed E-state index contributed by atoms with van der Waals surface area (Å²) in [7, 11) is -1.56. The van der Waals surface area contributed by atoms with Crippen LogP contribution in [0.4, 0.5) is 17.1 Å². The first-order chi connectivity index (χ1) is 16.1. The Morgan fingerprint density at radius 1 is 1.15 bits per heavy atom. The predicted molar refractivity (Wildman–Crippen MR) is 130 cm³/mol. The number of rotatable bonds is 6. The fourth-order valence-corrected chi connectivity index (χ4v) is 6.09. The van der Waals surface area contributed by atoms with Gasteiger partial charge in [0.05, 0.1) is 35.8 Å². The van der Waals surface area contributed by atoms with Crippen molar-refractivity contribution in [1.82, 2.24) is 4.90 Å². The zero-order valence-electron chi connectivity index (χ0n) is 19.2. The van der Waals surface area contributed by atoms with Crippen molar-refractivity contribution in [2.45, 2.75) is 31.8 Å². The second kappa shape index (κ2) is 9.46. The molecule has 180 valence electrons. The predicted octanol–water partition coefficient (Wildman–Crippen LogP) is 1.80. The molecule has 10 heteroatoms. The Balaban J connectivity index is 1.53. The van der Waals surface area contributed by atoms with Crippen LogP contribution in [0.3, 0.4) is 0 Å². The molecule has 2 aliphatic rings. The fourth-order valence-electron chi connectivity index (χ4n) is 4.32. The summed E-state index contributed by atoms with van der Waals surface area (Å²) in [5.74, 6) is -1.04. The number of fused-ring (bicyclic) bond motifs is 1. The zero-order valence-corrected chi connectivity index (χ0v) is 20.0. The first kappa shape index (κ1) is 23.7. The molecule has 34 heavy (non-hydrogen) atoms. The maximum absolute atomic E-state index is 13.1. The maximum Gasteiger partial charge on any atom is 0.247 e. The molecule has 2 atom stereocenters. The van der Waals surface area contributed by atoms with Gasteiger partial charge < -0.3 is 20.4 Å². The quantitative estimate of drug-likeness (QED) is 0.646. The number of hydrogen-bond donors (Lipinski definition) is 2. The summed E-state index contributed by atoms with van der Waals surface area (Å²) in [5, 5.41) is 5.62. The number of amides is 3. The molecule has 1 fully saturated rings. The average molecular weight is 485 g/mol. The molecule has 2 N–H and O–H groups in total. The number of nitrogens with zero attached hydrogens (tertiary/aromatic N) is 2. The van der Waals surface area contributed by atoms with Gasteiger partial charge in [0, 0.05) is 18.8 Å². The van der Waals surface area contributed by atoms with E-state index >= 15 is 0 Å². The van der Waals surface area contributed by atoms with Crippen LogP contribution in [0.1, 0.15) is 18.4 Å². The highest BCUT2D eigenvalue weighted by atomic mass is 32.2. The van der Waals surface area contributed by atoms with Gasteiger partial charge in [-0.2, -0.15) is 0 Å². The largest absolute Gasteiger partial charge is 0.348 e. The van der Waals surface area contributed by atoms with Gasteiger partial charge in [-0.3, -0.25) is 14.4 Å². The van der Waals surface area contributed by atoms with E-state index in [1.54, 1.807) is 48.3 Å². The van der Waals surface area contributed by atoms with E-state index in [9.17, 15) is 22.8 Å². The minimum atomic E-state index is -3.15. The average Bonchev–Trinajstić information content (AvgIpc) is 3.16. The van der Waals surface area contributed by atoms with Crippen molar-refractivity contribution in [3.8, 4) is 0 Å². The highest BCUT2D eigenvalue weighted by molar-refractivity contribution is 7.91. The van der Waals surface area contributed by atoms with Crippen LogP contribution in [-0.4, -0.2) is 68.2 Å². The van der Waals surface area contributed by atoms with Crippen LogP contribution >= 0.6 is 0 Å². The molecule has 4 rings (SSSR count). The number of anilines is 3. The van der Waals surface area contributed by atoms with Crippen LogP contribution in [0.2, 0.25) is 0 Å². The Bertz CT molecular complexity index is 1210. The number of sulfone groups is 1. The van der Waals surface area contributed by atoms with Crippen molar-refractivity contribution in [3.05, 3.63) is 54.1 Å². The Morgan fingerprint density at radius 3 is 2.53 bits per heavy atom. The molecule has 1 saturated heterocycles. The fraction of sp³-hybridized carbons (Fsp3) is 0.375. The lowest BCUT2D eigenvalue weighted by Gasteiger charge is -2.38. The van der Waals surface area contributed by atoms with Crippen LogP contribution in [-0.2, 0) is 24.2 Å². The first-order valence-electron chi connectivity index (χ1n) is 11.1. The SMILES string of the molecule is Cc1ccc(NC(=O)C[C@@H]2C(=O)Nc3ccccc3N2CC(=O)N(C)[C@@H]2CCS(=O)(=O)C2)cc1. The second-order valence-corrected chi connectivity index (χ2v) is 11.1. The van der Waals surface area contributed by atoms with Crippen molar-refractivity contribution >= 4 is 44.6 Å². The van der Waals surface area contributed by atoms with Gasteiger partial charge in [0.15, 0.2) is 9.84 Å². The molecule has 3 amide bonds. The summed E-state index contributed by atoms with van der Waals surface area (Å²) in [4.78, 5) is 42.0. The van der Waals surface area contributed by atoms with E-state index in [0.717, 1.165) is 5.56 Å². The van der Waals surface area contributed by atoms with Gasteiger partial charge in [0.2, 0.25) is 17.7 Å². The molecule has 0 aliphatic carbocycles. The monoisotopic (exact) mass is 484 g/mol. The minimum absolute atomic E-state index is 0.0608. The Hall–Kier alpha value is -3.40. The van der Waals surface area contributed by atoms with Crippen molar-refractivity contribution in [1.29, 1.82) is 0 Å². The topological polar surface area (TPSA) is 116 Å². The Morgan fingerprint density at radius 2 is 1.85 bits per heavy atom. The van der Waals surface area contributed by atoms with Gasteiger partial charge in [-0.15, -0.1) is 0 Å². The molecular weight excluding hydrogens is 456 g/mol. The summed E-state index contributed by atoms with van der Waals surface area (Å²) in [5.41, 5.74) is 2.87. The van der Waals surface area contributed by atoms with Crippen LogP contribution in [0, 0.1) is 6.92 Å². The first-order valence-corrected chi connectivity index (χ1v) is 12.9. The third-order valence-electron chi connectivity index (χ3n) is 6.32. The minimum Gasteiger partial charge on any atom is -0.348 e. The van der Waals surface area contributed by atoms with Crippen LogP contribution < -0.4 is 15.5 Å². The van der Waals surface area contributed by atoms with E-state index in [1.807, 2.05) is 19.1 Å². The molecule has 2 aromatic carbocycles. The lowest BCUT2D eigenvalue weighted by atomic mass is 10.0. The lowest BCUT2D eigenvalue weighted by Crippen LogP contribution is -2.54. The van der Waals surface area contributed by atoms with E-state index in [-0.39, 0.29) is 42.2 Å². The number of carbonyl (C=O) groups excluding carboxylic acids is 3. The van der Waals surface area contributed by atoms with Gasteiger partial charge in [0.25, 0.3) is 0 Å². The number of nitrogens with one attached hydrogen (secondary N) is 2. The van der Waals surface area contributed by atoms with Crippen molar-refractivity contribution in [2.24, 2.45) is 0 Å². The van der Waals surface area contributed by atoms with Gasteiger partial charge in [0.1, 0.15) is 6.04 Å². The number of benzene rings is 2. The molecule has 2 heterocycles. The molecule has 2 aromatic rings. The van der Waals surface area contributed by atoms with E-state index in [4.69, 9.17) is 0 Å². The maximum atomic E-state index is 13.1. The van der Waals surface area contributed by atoms with Gasteiger partial charge in [-0.05, 0) is 37.6 Å². The Labute approximate surface area is 199 Å². The van der Waals surface area contributed by atoms with Gasteiger partial charge in [-0.1, -0.05) is 29.8 Å². The molecule has 0 aromatic heterocycles. The molecule has 0 radical (unpaired) electrons. The summed E-state index contributed by atoms with van der Waals surface area (Å²) < 4.78 is 23.7. The molecule has 9 nitrogen and oxygen atoms in total. The van der Waals surface area contributed by atoms with E-state index in [0.29, 0.717) is 23.5 Å². The van der Waals surface area contributed by atoms with E-state index in [1.165, 1.54) is 4.90 Å². The number of likely N-dealkylation sites (N-methyl/N-ethyl adjacent to an activating group) is 1. The summed E-state index contributed by atoms with van der Waals surface area (Å²) in [6.45, 7) is 1.79. The van der Waals surface area contributed by atoms with Gasteiger partial charge >= 0.3 is 0 Å². The number of hydrogen-bond acceptors (Lipinski definition) is 6. The normalized spacial score (nSPS) is 20.9. The third kappa shape index (κ3) is 5.22. The van der Waals surface area contributed by atoms with Gasteiger partial charge in [-0.25, -0.2) is 8.42 Å². The van der Waals surface area contributed by atoms with E-state index < -0.39 is 21.9 Å².